The number of carbonyl (C=O) groups excluding carboxylic acids is 1. The van der Waals surface area contributed by atoms with Crippen molar-refractivity contribution in [1.29, 1.82) is 0 Å². The lowest BCUT2D eigenvalue weighted by molar-refractivity contribution is -0.121. The van der Waals surface area contributed by atoms with E-state index in [1.54, 1.807) is 4.52 Å². The van der Waals surface area contributed by atoms with Crippen molar-refractivity contribution in [2.45, 2.75) is 47.1 Å². The fraction of sp³-hybridized carbons (Fsp3) is 0.412. The molecule has 0 aliphatic heterocycles. The fourth-order valence-corrected chi connectivity index (χ4v) is 3.09. The van der Waals surface area contributed by atoms with E-state index in [1.807, 2.05) is 40.7 Å². The topological polar surface area (TPSA) is 111 Å². The second kappa shape index (κ2) is 6.19. The first-order chi connectivity index (χ1) is 11.8. The number of aryl methyl sites for hydroxylation is 4. The number of nitrogens with one attached hydrogen (secondary N) is 1. The SMILES string of the molecule is Cc1cc([C@@H](C)NC(=O)Cc2c(C)nc3nc(N)nn3c2C)c(C)o1. The van der Waals surface area contributed by atoms with Gasteiger partial charge in [-0.05, 0) is 40.7 Å². The highest BCUT2D eigenvalue weighted by Crippen LogP contribution is 2.21. The molecule has 0 fully saturated rings. The number of rotatable bonds is 4. The summed E-state index contributed by atoms with van der Waals surface area (Å²) in [4.78, 5) is 21.0. The summed E-state index contributed by atoms with van der Waals surface area (Å²) >= 11 is 0. The van der Waals surface area contributed by atoms with E-state index in [0.717, 1.165) is 34.0 Å². The van der Waals surface area contributed by atoms with E-state index >= 15 is 0 Å². The summed E-state index contributed by atoms with van der Waals surface area (Å²) in [5, 5.41) is 7.13. The number of aromatic nitrogens is 4. The molecule has 0 unspecified atom stereocenters. The molecule has 132 valence electrons. The molecule has 3 rings (SSSR count). The van der Waals surface area contributed by atoms with Crippen LogP contribution in [0.2, 0.25) is 0 Å². The third-order valence-electron chi connectivity index (χ3n) is 4.33. The van der Waals surface area contributed by atoms with Crippen molar-refractivity contribution in [2.75, 3.05) is 5.73 Å². The number of carbonyl (C=O) groups is 1. The molecule has 3 aromatic heterocycles. The largest absolute Gasteiger partial charge is 0.466 e. The Morgan fingerprint density at radius 3 is 2.68 bits per heavy atom. The monoisotopic (exact) mass is 342 g/mol. The minimum atomic E-state index is -0.135. The summed E-state index contributed by atoms with van der Waals surface area (Å²) in [7, 11) is 0. The van der Waals surface area contributed by atoms with Crippen LogP contribution in [-0.2, 0) is 11.2 Å². The predicted molar refractivity (Wildman–Crippen MR) is 93.1 cm³/mol. The highest BCUT2D eigenvalue weighted by Gasteiger charge is 2.18. The van der Waals surface area contributed by atoms with Crippen LogP contribution >= 0.6 is 0 Å². The maximum absolute atomic E-state index is 12.5. The first kappa shape index (κ1) is 16.9. The van der Waals surface area contributed by atoms with Crippen LogP contribution in [-0.4, -0.2) is 25.5 Å². The predicted octanol–water partition coefficient (Wildman–Crippen LogP) is 1.95. The molecule has 1 amide bonds. The average molecular weight is 342 g/mol. The molecule has 1 atom stereocenters. The quantitative estimate of drug-likeness (QED) is 0.749. The molecule has 0 aliphatic rings. The number of furan rings is 1. The van der Waals surface area contributed by atoms with Crippen molar-refractivity contribution in [3.05, 3.63) is 40.1 Å². The van der Waals surface area contributed by atoms with E-state index in [4.69, 9.17) is 10.2 Å². The second-order valence-electron chi connectivity index (χ2n) is 6.28. The van der Waals surface area contributed by atoms with Gasteiger partial charge in [0.2, 0.25) is 11.9 Å². The number of hydrogen-bond acceptors (Lipinski definition) is 6. The van der Waals surface area contributed by atoms with E-state index in [0.29, 0.717) is 5.78 Å². The fourth-order valence-electron chi connectivity index (χ4n) is 3.09. The summed E-state index contributed by atoms with van der Waals surface area (Å²) in [6.45, 7) is 9.46. The first-order valence-electron chi connectivity index (χ1n) is 8.11. The van der Waals surface area contributed by atoms with Gasteiger partial charge in [-0.15, -0.1) is 5.10 Å². The van der Waals surface area contributed by atoms with E-state index in [2.05, 4.69) is 20.4 Å². The minimum Gasteiger partial charge on any atom is -0.466 e. The number of nitrogens with zero attached hydrogens (tertiary/aromatic N) is 4. The smallest absolute Gasteiger partial charge is 0.254 e. The van der Waals surface area contributed by atoms with Gasteiger partial charge in [-0.3, -0.25) is 4.79 Å². The lowest BCUT2D eigenvalue weighted by atomic mass is 10.1. The van der Waals surface area contributed by atoms with Crippen LogP contribution in [0.25, 0.3) is 5.78 Å². The molecule has 0 bridgehead atoms. The van der Waals surface area contributed by atoms with Crippen LogP contribution in [0.5, 0.6) is 0 Å². The molecule has 8 nitrogen and oxygen atoms in total. The Morgan fingerprint density at radius 2 is 2.04 bits per heavy atom. The van der Waals surface area contributed by atoms with Gasteiger partial charge in [0, 0.05) is 22.5 Å². The molecule has 8 heteroatoms. The van der Waals surface area contributed by atoms with Gasteiger partial charge in [0.05, 0.1) is 12.5 Å². The van der Waals surface area contributed by atoms with Gasteiger partial charge in [-0.2, -0.15) is 9.50 Å². The Kier molecular flexibility index (Phi) is 4.20. The first-order valence-corrected chi connectivity index (χ1v) is 8.11. The maximum atomic E-state index is 12.5. The molecule has 25 heavy (non-hydrogen) atoms. The molecule has 0 saturated carbocycles. The summed E-state index contributed by atoms with van der Waals surface area (Å²) in [6.07, 6.45) is 0.209. The van der Waals surface area contributed by atoms with Gasteiger partial charge in [0.1, 0.15) is 11.5 Å². The van der Waals surface area contributed by atoms with Gasteiger partial charge < -0.3 is 15.5 Å². The number of anilines is 1. The molecular weight excluding hydrogens is 320 g/mol. The number of nitrogens with two attached hydrogens (primary N) is 1. The molecule has 0 spiro atoms. The zero-order valence-electron chi connectivity index (χ0n) is 15.0. The van der Waals surface area contributed by atoms with Crippen LogP contribution in [0.4, 0.5) is 5.95 Å². The zero-order valence-corrected chi connectivity index (χ0v) is 15.0. The Balaban J connectivity index is 1.81. The van der Waals surface area contributed by atoms with E-state index in [9.17, 15) is 4.79 Å². The Bertz CT molecular complexity index is 956. The van der Waals surface area contributed by atoms with Crippen LogP contribution in [0.3, 0.4) is 0 Å². The molecule has 0 radical (unpaired) electrons. The van der Waals surface area contributed by atoms with Crippen molar-refractivity contribution in [3.63, 3.8) is 0 Å². The summed E-state index contributed by atoms with van der Waals surface area (Å²) in [5.74, 6) is 2.16. The third-order valence-corrected chi connectivity index (χ3v) is 4.33. The van der Waals surface area contributed by atoms with Gasteiger partial charge in [0.25, 0.3) is 5.78 Å². The van der Waals surface area contributed by atoms with Crippen molar-refractivity contribution >= 4 is 17.6 Å². The third kappa shape index (κ3) is 3.19. The molecule has 3 aromatic rings. The van der Waals surface area contributed by atoms with E-state index < -0.39 is 0 Å². The summed E-state index contributed by atoms with van der Waals surface area (Å²) < 4.78 is 7.10. The number of hydrogen-bond donors (Lipinski definition) is 2. The molecule has 0 saturated heterocycles. The van der Waals surface area contributed by atoms with Crippen LogP contribution in [0.15, 0.2) is 10.5 Å². The van der Waals surface area contributed by atoms with Crippen molar-refractivity contribution in [3.8, 4) is 0 Å². The normalized spacial score (nSPS) is 12.5. The van der Waals surface area contributed by atoms with Crippen molar-refractivity contribution < 1.29 is 9.21 Å². The Morgan fingerprint density at radius 1 is 1.32 bits per heavy atom. The van der Waals surface area contributed by atoms with E-state index in [1.165, 1.54) is 0 Å². The summed E-state index contributed by atoms with van der Waals surface area (Å²) in [5.41, 5.74) is 9.00. The number of nitrogen functional groups attached to an aromatic ring is 1. The van der Waals surface area contributed by atoms with Gasteiger partial charge in [-0.1, -0.05) is 0 Å². The van der Waals surface area contributed by atoms with Crippen LogP contribution in [0, 0.1) is 27.7 Å². The average Bonchev–Trinajstić information content (AvgIpc) is 3.05. The Labute approximate surface area is 145 Å². The van der Waals surface area contributed by atoms with Crippen LogP contribution in [0.1, 0.15) is 47.0 Å². The zero-order chi connectivity index (χ0) is 18.3. The van der Waals surface area contributed by atoms with Gasteiger partial charge >= 0.3 is 0 Å². The van der Waals surface area contributed by atoms with E-state index in [-0.39, 0.29) is 24.3 Å². The molecule has 0 aliphatic carbocycles. The lowest BCUT2D eigenvalue weighted by Gasteiger charge is -2.15. The molecule has 3 heterocycles. The second-order valence-corrected chi connectivity index (χ2v) is 6.28. The van der Waals surface area contributed by atoms with Gasteiger partial charge in [0.15, 0.2) is 0 Å². The standard InChI is InChI=1S/C17H22N6O2/c1-8-6-14(12(5)25-8)10(3)19-15(24)7-13-9(2)20-17-21-16(18)22-23(17)11(13)4/h6,10H,7H2,1-5H3,(H2,18,22)(H,19,24)/t10-/m1/s1. The Hall–Kier alpha value is -2.90. The molecular formula is C17H22N6O2. The van der Waals surface area contributed by atoms with Crippen LogP contribution < -0.4 is 11.1 Å². The maximum Gasteiger partial charge on any atom is 0.254 e. The molecule has 0 aromatic carbocycles. The highest BCUT2D eigenvalue weighted by molar-refractivity contribution is 5.79. The highest BCUT2D eigenvalue weighted by atomic mass is 16.3. The van der Waals surface area contributed by atoms with Crippen molar-refractivity contribution in [1.82, 2.24) is 24.9 Å². The minimum absolute atomic E-state index is 0.0915. The number of fused-ring (bicyclic) bond motifs is 1. The van der Waals surface area contributed by atoms with Gasteiger partial charge in [-0.25, -0.2) is 4.98 Å². The summed E-state index contributed by atoms with van der Waals surface area (Å²) in [6, 6.07) is 1.81. The molecule has 3 N–H and O–H groups in total. The number of amides is 1. The van der Waals surface area contributed by atoms with Crippen molar-refractivity contribution in [2.24, 2.45) is 0 Å². The lowest BCUT2D eigenvalue weighted by Crippen LogP contribution is -2.29.